The fourth-order valence-electron chi connectivity index (χ4n) is 2.32. The van der Waals surface area contributed by atoms with Gasteiger partial charge in [0.05, 0.1) is 0 Å². The van der Waals surface area contributed by atoms with Gasteiger partial charge in [-0.3, -0.25) is 0 Å². The molecular formula is C18H16O3. The minimum atomic E-state index is -0.465. The summed E-state index contributed by atoms with van der Waals surface area (Å²) in [5.74, 6) is 0.320. The lowest BCUT2D eigenvalue weighted by molar-refractivity contribution is 0.0703. The third kappa shape index (κ3) is 2.55. The number of carbonyl (C=O) groups excluding carboxylic acids is 1. The topological polar surface area (TPSA) is 39.4 Å². The van der Waals surface area contributed by atoms with E-state index >= 15 is 0 Å². The molecule has 1 aromatic heterocycles. The average Bonchev–Trinajstić information content (AvgIpc) is 2.86. The van der Waals surface area contributed by atoms with Crippen molar-refractivity contribution >= 4 is 16.9 Å². The quantitative estimate of drug-likeness (QED) is 0.523. The summed E-state index contributed by atoms with van der Waals surface area (Å²) in [7, 11) is 0. The van der Waals surface area contributed by atoms with E-state index in [1.165, 1.54) is 5.56 Å². The Kier molecular flexibility index (Phi) is 3.48. The Hall–Kier alpha value is -2.55. The molecule has 1 heterocycles. The van der Waals surface area contributed by atoms with E-state index in [1.54, 1.807) is 12.1 Å². The first kappa shape index (κ1) is 13.4. The minimum Gasteiger partial charge on any atom is -0.449 e. The summed E-state index contributed by atoms with van der Waals surface area (Å²) < 4.78 is 11.0. The molecule has 0 unspecified atom stereocenters. The second-order valence-corrected chi connectivity index (χ2v) is 4.94. The summed E-state index contributed by atoms with van der Waals surface area (Å²) in [6.07, 6.45) is 0.955. The van der Waals surface area contributed by atoms with E-state index in [-0.39, 0.29) is 5.76 Å². The van der Waals surface area contributed by atoms with Gasteiger partial charge in [-0.1, -0.05) is 37.3 Å². The lowest BCUT2D eigenvalue weighted by Gasteiger charge is -2.03. The van der Waals surface area contributed by atoms with Crippen molar-refractivity contribution in [3.05, 3.63) is 65.4 Å². The number of carbonyl (C=O) groups is 1. The molecule has 0 aliphatic heterocycles. The van der Waals surface area contributed by atoms with Crippen LogP contribution >= 0.6 is 0 Å². The van der Waals surface area contributed by atoms with Crippen LogP contribution < -0.4 is 4.74 Å². The molecule has 3 nitrogen and oxygen atoms in total. The predicted molar refractivity (Wildman–Crippen MR) is 81.7 cm³/mol. The molecule has 3 heteroatoms. The number of rotatable bonds is 3. The number of esters is 1. The second kappa shape index (κ2) is 5.44. The number of aryl methyl sites for hydroxylation is 2. The van der Waals surface area contributed by atoms with Gasteiger partial charge in [-0.15, -0.1) is 0 Å². The Labute approximate surface area is 123 Å². The van der Waals surface area contributed by atoms with Gasteiger partial charge in [0, 0.05) is 10.9 Å². The summed E-state index contributed by atoms with van der Waals surface area (Å²) in [5.41, 5.74) is 2.71. The maximum Gasteiger partial charge on any atom is 0.379 e. The van der Waals surface area contributed by atoms with Gasteiger partial charge in [0.2, 0.25) is 5.76 Å². The number of hydrogen-bond donors (Lipinski definition) is 0. The first-order valence-electron chi connectivity index (χ1n) is 6.98. The zero-order chi connectivity index (χ0) is 14.8. The lowest BCUT2D eigenvalue weighted by Crippen LogP contribution is -2.08. The molecule has 3 aromatic rings. The molecule has 3 rings (SSSR count). The molecule has 0 aliphatic carbocycles. The molecule has 0 bridgehead atoms. The predicted octanol–water partition coefficient (Wildman–Crippen LogP) is 4.52. The summed E-state index contributed by atoms with van der Waals surface area (Å²) in [6.45, 7) is 3.95. The molecule has 0 spiro atoms. The van der Waals surface area contributed by atoms with Crippen molar-refractivity contribution < 1.29 is 13.9 Å². The summed E-state index contributed by atoms with van der Waals surface area (Å²) >= 11 is 0. The van der Waals surface area contributed by atoms with E-state index in [2.05, 4.69) is 6.92 Å². The smallest absolute Gasteiger partial charge is 0.379 e. The minimum absolute atomic E-state index is 0.260. The highest BCUT2D eigenvalue weighted by atomic mass is 16.5. The van der Waals surface area contributed by atoms with Gasteiger partial charge in [-0.2, -0.15) is 0 Å². The van der Waals surface area contributed by atoms with E-state index in [0.717, 1.165) is 17.4 Å². The number of ether oxygens (including phenoxy) is 1. The van der Waals surface area contributed by atoms with Crippen molar-refractivity contribution in [1.82, 2.24) is 0 Å². The molecule has 0 aliphatic rings. The van der Waals surface area contributed by atoms with Gasteiger partial charge in [0.15, 0.2) is 0 Å². The summed E-state index contributed by atoms with van der Waals surface area (Å²) in [6, 6.07) is 15.1. The zero-order valence-electron chi connectivity index (χ0n) is 12.1. The molecular weight excluding hydrogens is 264 g/mol. The molecule has 2 aromatic carbocycles. The Morgan fingerprint density at radius 2 is 1.81 bits per heavy atom. The van der Waals surface area contributed by atoms with Crippen molar-refractivity contribution in [1.29, 1.82) is 0 Å². The second-order valence-electron chi connectivity index (χ2n) is 4.94. The maximum atomic E-state index is 12.2. The molecule has 0 atom stereocenters. The van der Waals surface area contributed by atoms with Gasteiger partial charge in [0.1, 0.15) is 11.3 Å². The Balaban J connectivity index is 1.87. The van der Waals surface area contributed by atoms with Crippen LogP contribution in [0.1, 0.15) is 28.6 Å². The van der Waals surface area contributed by atoms with Crippen LogP contribution in [0.4, 0.5) is 0 Å². The van der Waals surface area contributed by atoms with Crippen molar-refractivity contribution in [2.24, 2.45) is 0 Å². The van der Waals surface area contributed by atoms with E-state index < -0.39 is 5.97 Å². The fraction of sp³-hybridized carbons (Fsp3) is 0.167. The van der Waals surface area contributed by atoms with E-state index in [9.17, 15) is 4.79 Å². The third-order valence-electron chi connectivity index (χ3n) is 3.57. The van der Waals surface area contributed by atoms with E-state index in [4.69, 9.17) is 9.15 Å². The largest absolute Gasteiger partial charge is 0.449 e. The van der Waals surface area contributed by atoms with E-state index in [0.29, 0.717) is 11.3 Å². The normalized spacial score (nSPS) is 10.8. The van der Waals surface area contributed by atoms with Crippen molar-refractivity contribution in [2.45, 2.75) is 20.3 Å². The molecule has 0 N–H and O–H groups in total. The van der Waals surface area contributed by atoms with Crippen LogP contribution in [0, 0.1) is 6.92 Å². The number of hydrogen-bond acceptors (Lipinski definition) is 3. The molecule has 0 amide bonds. The van der Waals surface area contributed by atoms with Crippen molar-refractivity contribution in [3.63, 3.8) is 0 Å². The molecule has 0 fully saturated rings. The first-order chi connectivity index (χ1) is 10.2. The average molecular weight is 280 g/mol. The highest BCUT2D eigenvalue weighted by molar-refractivity contribution is 5.96. The van der Waals surface area contributed by atoms with Crippen LogP contribution in [-0.2, 0) is 6.42 Å². The summed E-state index contributed by atoms with van der Waals surface area (Å²) in [4.78, 5) is 12.2. The third-order valence-corrected chi connectivity index (χ3v) is 3.57. The Bertz CT molecular complexity index is 782. The SMILES string of the molecule is CCc1ccc(OC(=O)c2oc3ccccc3c2C)cc1. The van der Waals surface area contributed by atoms with Crippen LogP contribution in [0.2, 0.25) is 0 Å². The van der Waals surface area contributed by atoms with Gasteiger partial charge >= 0.3 is 5.97 Å². The van der Waals surface area contributed by atoms with Crippen LogP contribution in [0.5, 0.6) is 5.75 Å². The number of furan rings is 1. The van der Waals surface area contributed by atoms with Crippen LogP contribution in [0.25, 0.3) is 11.0 Å². The standard InChI is InChI=1S/C18H16O3/c1-3-13-8-10-14(11-9-13)20-18(19)17-12(2)15-6-4-5-7-16(15)21-17/h4-11H,3H2,1-2H3. The monoisotopic (exact) mass is 280 g/mol. The molecule has 0 radical (unpaired) electrons. The van der Waals surface area contributed by atoms with Crippen molar-refractivity contribution in [3.8, 4) is 5.75 Å². The molecule has 106 valence electrons. The maximum absolute atomic E-state index is 12.2. The van der Waals surface area contributed by atoms with Crippen LogP contribution in [0.3, 0.4) is 0 Å². The van der Waals surface area contributed by atoms with Crippen LogP contribution in [0.15, 0.2) is 52.9 Å². The Morgan fingerprint density at radius 3 is 2.48 bits per heavy atom. The van der Waals surface area contributed by atoms with Crippen molar-refractivity contribution in [2.75, 3.05) is 0 Å². The lowest BCUT2D eigenvalue weighted by atomic mass is 10.1. The highest BCUT2D eigenvalue weighted by Crippen LogP contribution is 2.26. The highest BCUT2D eigenvalue weighted by Gasteiger charge is 2.19. The number of benzene rings is 2. The molecule has 0 saturated carbocycles. The first-order valence-corrected chi connectivity index (χ1v) is 6.98. The van der Waals surface area contributed by atoms with Crippen LogP contribution in [-0.4, -0.2) is 5.97 Å². The van der Waals surface area contributed by atoms with Gasteiger partial charge in [0.25, 0.3) is 0 Å². The molecule has 21 heavy (non-hydrogen) atoms. The number of para-hydroxylation sites is 1. The van der Waals surface area contributed by atoms with E-state index in [1.807, 2.05) is 43.3 Å². The number of fused-ring (bicyclic) bond motifs is 1. The summed E-state index contributed by atoms with van der Waals surface area (Å²) in [5, 5.41) is 0.936. The zero-order valence-corrected chi connectivity index (χ0v) is 12.1. The van der Waals surface area contributed by atoms with Gasteiger partial charge in [-0.25, -0.2) is 4.79 Å². The Morgan fingerprint density at radius 1 is 1.10 bits per heavy atom. The molecule has 0 saturated heterocycles. The van der Waals surface area contributed by atoms with Gasteiger partial charge in [-0.05, 0) is 37.1 Å². The van der Waals surface area contributed by atoms with Gasteiger partial charge < -0.3 is 9.15 Å². The fourth-order valence-corrected chi connectivity index (χ4v) is 2.32.